The molecule has 184 valence electrons. The molecule has 2 amide bonds. The molecule has 0 aliphatic heterocycles. The Morgan fingerprint density at radius 2 is 1.69 bits per heavy atom. The predicted molar refractivity (Wildman–Crippen MR) is 143 cm³/mol. The maximum Gasteiger partial charge on any atom is 0.261 e. The van der Waals surface area contributed by atoms with Gasteiger partial charge in [0, 0.05) is 29.0 Å². The van der Waals surface area contributed by atoms with E-state index in [2.05, 4.69) is 21.2 Å². The van der Waals surface area contributed by atoms with Crippen molar-refractivity contribution in [1.82, 2.24) is 10.2 Å². The lowest BCUT2D eigenvalue weighted by molar-refractivity contribution is -0.142. The molecule has 0 aromatic heterocycles. The number of amides is 2. The van der Waals surface area contributed by atoms with Crippen LogP contribution < -0.4 is 10.1 Å². The highest BCUT2D eigenvalue weighted by molar-refractivity contribution is 9.10. The normalized spacial score (nSPS) is 11.7. The largest absolute Gasteiger partial charge is 0.484 e. The minimum Gasteiger partial charge on any atom is -0.484 e. The summed E-state index contributed by atoms with van der Waals surface area (Å²) in [5.74, 6) is 0.320. The Kier molecular flexibility index (Phi) is 10.2. The van der Waals surface area contributed by atoms with Crippen LogP contribution in [0.25, 0.3) is 0 Å². The fourth-order valence-electron chi connectivity index (χ4n) is 3.55. The second-order valence-electron chi connectivity index (χ2n) is 8.74. The van der Waals surface area contributed by atoms with Crippen molar-refractivity contribution in [2.45, 2.75) is 32.9 Å². The van der Waals surface area contributed by atoms with E-state index in [4.69, 9.17) is 16.3 Å². The molecule has 0 radical (unpaired) electrons. The summed E-state index contributed by atoms with van der Waals surface area (Å²) < 4.78 is 6.69. The van der Waals surface area contributed by atoms with Crippen molar-refractivity contribution in [3.05, 3.63) is 99.5 Å². The van der Waals surface area contributed by atoms with Crippen molar-refractivity contribution in [2.24, 2.45) is 5.92 Å². The Labute approximate surface area is 220 Å². The number of hydrogen-bond donors (Lipinski definition) is 1. The number of ether oxygens (including phenoxy) is 1. The Balaban J connectivity index is 1.89. The van der Waals surface area contributed by atoms with Gasteiger partial charge in [0.05, 0.1) is 0 Å². The second kappa shape index (κ2) is 13.3. The van der Waals surface area contributed by atoms with E-state index in [1.165, 1.54) is 0 Å². The van der Waals surface area contributed by atoms with E-state index < -0.39 is 6.04 Å². The van der Waals surface area contributed by atoms with Gasteiger partial charge in [0.15, 0.2) is 6.61 Å². The average molecular weight is 558 g/mol. The molecule has 0 saturated heterocycles. The molecular weight excluding hydrogens is 528 g/mol. The number of nitrogens with zero attached hydrogens (tertiary/aromatic N) is 1. The monoisotopic (exact) mass is 556 g/mol. The number of rotatable bonds is 11. The molecule has 3 aromatic carbocycles. The third kappa shape index (κ3) is 8.71. The van der Waals surface area contributed by atoms with E-state index in [0.717, 1.165) is 15.6 Å². The van der Waals surface area contributed by atoms with Crippen molar-refractivity contribution in [3.63, 3.8) is 0 Å². The van der Waals surface area contributed by atoms with Gasteiger partial charge < -0.3 is 15.0 Å². The van der Waals surface area contributed by atoms with Crippen molar-refractivity contribution in [1.29, 1.82) is 0 Å². The molecule has 5 nitrogen and oxygen atoms in total. The van der Waals surface area contributed by atoms with Gasteiger partial charge in [0.2, 0.25) is 5.91 Å². The van der Waals surface area contributed by atoms with E-state index in [0.29, 0.717) is 23.7 Å². The first-order valence-electron chi connectivity index (χ1n) is 11.6. The number of benzene rings is 3. The molecule has 1 N–H and O–H groups in total. The summed E-state index contributed by atoms with van der Waals surface area (Å²) in [6.07, 6.45) is 0.393. The standard InChI is InChI=1S/C28H30BrClN2O3/c1-20(2)17-31-28(34)26(15-21-7-4-3-5-8-21)32(18-22-11-13-23(29)14-12-22)27(33)19-35-25-10-6-9-24(30)16-25/h3-14,16,20,26H,15,17-19H2,1-2H3,(H,31,34). The van der Waals surface area contributed by atoms with Crippen LogP contribution in [-0.2, 0) is 22.6 Å². The van der Waals surface area contributed by atoms with Crippen LogP contribution in [0.2, 0.25) is 5.02 Å². The fraction of sp³-hybridized carbons (Fsp3) is 0.286. The summed E-state index contributed by atoms with van der Waals surface area (Å²) in [5.41, 5.74) is 1.89. The summed E-state index contributed by atoms with van der Waals surface area (Å²) >= 11 is 9.51. The van der Waals surface area contributed by atoms with Gasteiger partial charge in [-0.2, -0.15) is 0 Å². The van der Waals surface area contributed by atoms with Crippen molar-refractivity contribution in [2.75, 3.05) is 13.2 Å². The molecule has 35 heavy (non-hydrogen) atoms. The van der Waals surface area contributed by atoms with Crippen LogP contribution in [0.3, 0.4) is 0 Å². The molecule has 0 heterocycles. The van der Waals surface area contributed by atoms with Crippen LogP contribution >= 0.6 is 27.5 Å². The van der Waals surface area contributed by atoms with Gasteiger partial charge in [-0.3, -0.25) is 9.59 Å². The minimum atomic E-state index is -0.699. The van der Waals surface area contributed by atoms with Crippen molar-refractivity contribution < 1.29 is 14.3 Å². The van der Waals surface area contributed by atoms with E-state index in [9.17, 15) is 9.59 Å². The highest BCUT2D eigenvalue weighted by Crippen LogP contribution is 2.20. The lowest BCUT2D eigenvalue weighted by Gasteiger charge is -2.31. The highest BCUT2D eigenvalue weighted by Gasteiger charge is 2.30. The first kappa shape index (κ1) is 26.8. The van der Waals surface area contributed by atoms with Crippen LogP contribution in [-0.4, -0.2) is 35.9 Å². The molecule has 1 atom stereocenters. The van der Waals surface area contributed by atoms with Gasteiger partial charge in [-0.05, 0) is 47.4 Å². The number of hydrogen-bond acceptors (Lipinski definition) is 3. The maximum atomic E-state index is 13.5. The Bertz CT molecular complexity index is 1110. The number of carbonyl (C=O) groups is 2. The Morgan fingerprint density at radius 1 is 0.971 bits per heavy atom. The maximum absolute atomic E-state index is 13.5. The third-order valence-electron chi connectivity index (χ3n) is 5.38. The summed E-state index contributed by atoms with van der Waals surface area (Å²) in [6, 6.07) is 23.7. The lowest BCUT2D eigenvalue weighted by atomic mass is 10.0. The van der Waals surface area contributed by atoms with E-state index >= 15 is 0 Å². The summed E-state index contributed by atoms with van der Waals surface area (Å²) in [5, 5.41) is 3.54. The van der Waals surface area contributed by atoms with E-state index in [-0.39, 0.29) is 30.9 Å². The number of nitrogens with one attached hydrogen (secondary N) is 1. The highest BCUT2D eigenvalue weighted by atomic mass is 79.9. The smallest absolute Gasteiger partial charge is 0.261 e. The van der Waals surface area contributed by atoms with Gasteiger partial charge in [-0.25, -0.2) is 0 Å². The van der Waals surface area contributed by atoms with E-state index in [1.807, 2.05) is 68.4 Å². The van der Waals surface area contributed by atoms with Crippen LogP contribution in [0.4, 0.5) is 0 Å². The first-order chi connectivity index (χ1) is 16.8. The second-order valence-corrected chi connectivity index (χ2v) is 10.1. The summed E-state index contributed by atoms with van der Waals surface area (Å²) in [7, 11) is 0. The molecule has 7 heteroatoms. The van der Waals surface area contributed by atoms with Crippen molar-refractivity contribution >= 4 is 39.3 Å². The quantitative estimate of drug-likeness (QED) is 0.320. The van der Waals surface area contributed by atoms with Gasteiger partial charge in [0.1, 0.15) is 11.8 Å². The van der Waals surface area contributed by atoms with Crippen molar-refractivity contribution in [3.8, 4) is 5.75 Å². The molecule has 3 rings (SSSR count). The van der Waals surface area contributed by atoms with Gasteiger partial charge in [-0.15, -0.1) is 0 Å². The molecule has 0 aliphatic rings. The molecule has 0 fully saturated rings. The zero-order valence-electron chi connectivity index (χ0n) is 19.9. The molecular formula is C28H30BrClN2O3. The first-order valence-corrected chi connectivity index (χ1v) is 12.7. The van der Waals surface area contributed by atoms with Crippen LogP contribution in [0.1, 0.15) is 25.0 Å². The predicted octanol–water partition coefficient (Wildman–Crippen LogP) is 5.89. The molecule has 0 bridgehead atoms. The van der Waals surface area contributed by atoms with Crippen LogP contribution in [0, 0.1) is 5.92 Å². The molecule has 0 saturated carbocycles. The zero-order chi connectivity index (χ0) is 25.2. The third-order valence-corrected chi connectivity index (χ3v) is 6.14. The SMILES string of the molecule is CC(C)CNC(=O)C(Cc1ccccc1)N(Cc1ccc(Br)cc1)C(=O)COc1cccc(Cl)c1. The van der Waals surface area contributed by atoms with E-state index in [1.54, 1.807) is 29.2 Å². The summed E-state index contributed by atoms with van der Waals surface area (Å²) in [4.78, 5) is 28.5. The van der Waals surface area contributed by atoms with Gasteiger partial charge in [-0.1, -0.05) is 89.9 Å². The molecule has 0 spiro atoms. The van der Waals surface area contributed by atoms with Crippen LogP contribution in [0.5, 0.6) is 5.75 Å². The van der Waals surface area contributed by atoms with Gasteiger partial charge in [0.25, 0.3) is 5.91 Å². The fourth-order valence-corrected chi connectivity index (χ4v) is 3.99. The molecule has 0 aliphatic carbocycles. The zero-order valence-corrected chi connectivity index (χ0v) is 22.3. The average Bonchev–Trinajstić information content (AvgIpc) is 2.85. The van der Waals surface area contributed by atoms with Gasteiger partial charge >= 0.3 is 0 Å². The molecule has 1 unspecified atom stereocenters. The van der Waals surface area contributed by atoms with Crippen LogP contribution in [0.15, 0.2) is 83.3 Å². The summed E-state index contributed by atoms with van der Waals surface area (Å²) in [6.45, 7) is 4.67. The lowest BCUT2D eigenvalue weighted by Crippen LogP contribution is -2.52. The minimum absolute atomic E-state index is 0.184. The topological polar surface area (TPSA) is 58.6 Å². The number of carbonyl (C=O) groups excluding carboxylic acids is 2. The molecule has 3 aromatic rings. The number of halogens is 2. The Hall–Kier alpha value is -2.83. The Morgan fingerprint density at radius 3 is 2.34 bits per heavy atom.